The van der Waals surface area contributed by atoms with E-state index in [0.717, 1.165) is 25.0 Å². The molecule has 0 atom stereocenters. The molecule has 1 fully saturated rings. The normalized spacial score (nSPS) is 19.6. The van der Waals surface area contributed by atoms with Gasteiger partial charge in [-0.2, -0.15) is 5.10 Å². The van der Waals surface area contributed by atoms with Crippen molar-refractivity contribution in [1.29, 1.82) is 0 Å². The third kappa shape index (κ3) is 1.37. The Morgan fingerprint density at radius 2 is 2.33 bits per heavy atom. The van der Waals surface area contributed by atoms with E-state index in [1.165, 1.54) is 5.56 Å². The number of hydrogen-bond acceptors (Lipinski definition) is 2. The van der Waals surface area contributed by atoms with E-state index < -0.39 is 5.60 Å². The van der Waals surface area contributed by atoms with E-state index in [9.17, 15) is 5.11 Å². The minimum absolute atomic E-state index is 0.395. The van der Waals surface area contributed by atoms with Crippen LogP contribution in [0.5, 0.6) is 0 Å². The van der Waals surface area contributed by atoms with Crippen LogP contribution in [0.4, 0.5) is 0 Å². The molecule has 3 nitrogen and oxygen atoms in total. The van der Waals surface area contributed by atoms with E-state index in [-0.39, 0.29) is 0 Å². The van der Waals surface area contributed by atoms with Crippen LogP contribution in [-0.2, 0) is 13.5 Å². The van der Waals surface area contributed by atoms with Gasteiger partial charge in [-0.25, -0.2) is 0 Å². The van der Waals surface area contributed by atoms with Crippen LogP contribution in [0.15, 0.2) is 6.20 Å². The van der Waals surface area contributed by atoms with Gasteiger partial charge in [-0.15, -0.1) is 0 Å². The topological polar surface area (TPSA) is 38.0 Å². The third-order valence-corrected chi connectivity index (χ3v) is 2.46. The molecule has 0 saturated heterocycles. The maximum Gasteiger partial charge on any atom is 0.0691 e. The summed E-state index contributed by atoms with van der Waals surface area (Å²) in [5.41, 5.74) is 1.82. The van der Waals surface area contributed by atoms with Crippen molar-refractivity contribution in [1.82, 2.24) is 9.78 Å². The quantitative estimate of drug-likeness (QED) is 0.705. The fourth-order valence-corrected chi connectivity index (χ4v) is 1.50. The summed E-state index contributed by atoms with van der Waals surface area (Å²) in [4.78, 5) is 0. The first-order chi connectivity index (χ1) is 5.59. The van der Waals surface area contributed by atoms with Gasteiger partial charge in [0.05, 0.1) is 11.3 Å². The zero-order chi connectivity index (χ0) is 8.77. The van der Waals surface area contributed by atoms with E-state index in [1.54, 1.807) is 4.68 Å². The Balaban J connectivity index is 2.17. The van der Waals surface area contributed by atoms with Gasteiger partial charge in [0.2, 0.25) is 0 Å². The summed E-state index contributed by atoms with van der Waals surface area (Å²) < 4.78 is 1.80. The average molecular weight is 166 g/mol. The van der Waals surface area contributed by atoms with Crippen LogP contribution < -0.4 is 0 Å². The van der Waals surface area contributed by atoms with Gasteiger partial charge in [-0.1, -0.05) is 0 Å². The molecule has 0 unspecified atom stereocenters. The molecule has 3 heteroatoms. The Labute approximate surface area is 72.0 Å². The molecule has 1 saturated carbocycles. The fourth-order valence-electron chi connectivity index (χ4n) is 1.50. The van der Waals surface area contributed by atoms with E-state index in [1.807, 2.05) is 20.2 Å². The second kappa shape index (κ2) is 2.33. The van der Waals surface area contributed by atoms with Gasteiger partial charge in [0.25, 0.3) is 0 Å². The average Bonchev–Trinajstić information content (AvgIpc) is 2.58. The number of aromatic nitrogens is 2. The Morgan fingerprint density at radius 3 is 2.75 bits per heavy atom. The van der Waals surface area contributed by atoms with Crippen molar-refractivity contribution in [3.05, 3.63) is 17.5 Å². The molecule has 1 N–H and O–H groups in total. The first-order valence-electron chi connectivity index (χ1n) is 4.31. The molecule has 1 aromatic heterocycles. The van der Waals surface area contributed by atoms with Crippen LogP contribution >= 0.6 is 0 Å². The molecule has 0 radical (unpaired) electrons. The summed E-state index contributed by atoms with van der Waals surface area (Å²) in [5.74, 6) is 0. The zero-order valence-electron chi connectivity index (χ0n) is 7.54. The van der Waals surface area contributed by atoms with Crippen LogP contribution in [0, 0.1) is 6.92 Å². The molecular formula is C9H14N2O. The minimum Gasteiger partial charge on any atom is -0.390 e. The first-order valence-corrected chi connectivity index (χ1v) is 4.31. The highest BCUT2D eigenvalue weighted by molar-refractivity contribution is 5.20. The highest BCUT2D eigenvalue weighted by Gasteiger charge is 2.40. The van der Waals surface area contributed by atoms with Gasteiger partial charge in [-0.05, 0) is 25.3 Å². The van der Waals surface area contributed by atoms with Crippen LogP contribution in [0.1, 0.15) is 24.1 Å². The Kier molecular flexibility index (Phi) is 1.51. The summed E-state index contributed by atoms with van der Waals surface area (Å²) in [7, 11) is 1.91. The number of aryl methyl sites for hydroxylation is 2. The van der Waals surface area contributed by atoms with Gasteiger partial charge in [0, 0.05) is 19.7 Å². The molecule has 0 aliphatic heterocycles. The Bertz CT molecular complexity index is 299. The summed E-state index contributed by atoms with van der Waals surface area (Å²) >= 11 is 0. The predicted octanol–water partition coefficient (Wildman–Crippen LogP) is 0.796. The fraction of sp³-hybridized carbons (Fsp3) is 0.667. The highest BCUT2D eigenvalue weighted by atomic mass is 16.3. The lowest BCUT2D eigenvalue weighted by molar-refractivity contribution is 0.151. The molecule has 1 aromatic rings. The molecule has 1 heterocycles. The lowest BCUT2D eigenvalue weighted by Crippen LogP contribution is -2.10. The predicted molar refractivity (Wildman–Crippen MR) is 45.8 cm³/mol. The summed E-state index contributed by atoms with van der Waals surface area (Å²) in [6.45, 7) is 1.99. The number of aliphatic hydroxyl groups is 1. The molecule has 2 rings (SSSR count). The Hall–Kier alpha value is -0.830. The standard InChI is InChI=1S/C9H14N2O/c1-7-8(6-11(2)10-7)5-9(12)3-4-9/h6,12H,3-5H2,1-2H3. The van der Waals surface area contributed by atoms with Crippen molar-refractivity contribution >= 4 is 0 Å². The third-order valence-electron chi connectivity index (χ3n) is 2.46. The SMILES string of the molecule is Cc1nn(C)cc1CC1(O)CC1. The number of rotatable bonds is 2. The van der Waals surface area contributed by atoms with Gasteiger partial charge in [0.15, 0.2) is 0 Å². The molecule has 1 aliphatic rings. The van der Waals surface area contributed by atoms with Crippen molar-refractivity contribution in [2.24, 2.45) is 7.05 Å². The van der Waals surface area contributed by atoms with Crippen LogP contribution in [0.2, 0.25) is 0 Å². The van der Waals surface area contributed by atoms with Gasteiger partial charge in [0.1, 0.15) is 0 Å². The summed E-state index contributed by atoms with van der Waals surface area (Å²) in [6.07, 6.45) is 4.65. The second-order valence-corrected chi connectivity index (χ2v) is 3.81. The smallest absolute Gasteiger partial charge is 0.0691 e. The van der Waals surface area contributed by atoms with Crippen molar-refractivity contribution in [3.8, 4) is 0 Å². The molecule has 12 heavy (non-hydrogen) atoms. The Morgan fingerprint density at radius 1 is 1.67 bits per heavy atom. The largest absolute Gasteiger partial charge is 0.390 e. The molecule has 0 amide bonds. The number of hydrogen-bond donors (Lipinski definition) is 1. The van der Waals surface area contributed by atoms with Crippen molar-refractivity contribution < 1.29 is 5.11 Å². The first kappa shape index (κ1) is 7.80. The molecule has 1 aliphatic carbocycles. The van der Waals surface area contributed by atoms with Crippen LogP contribution in [0.3, 0.4) is 0 Å². The van der Waals surface area contributed by atoms with E-state index in [2.05, 4.69) is 5.10 Å². The van der Waals surface area contributed by atoms with Gasteiger partial charge < -0.3 is 5.11 Å². The molecule has 66 valence electrons. The minimum atomic E-state index is -0.395. The van der Waals surface area contributed by atoms with Crippen LogP contribution in [-0.4, -0.2) is 20.5 Å². The lowest BCUT2D eigenvalue weighted by Gasteiger charge is -2.04. The van der Waals surface area contributed by atoms with Crippen molar-refractivity contribution in [2.75, 3.05) is 0 Å². The van der Waals surface area contributed by atoms with E-state index in [0.29, 0.717) is 0 Å². The monoisotopic (exact) mass is 166 g/mol. The second-order valence-electron chi connectivity index (χ2n) is 3.81. The van der Waals surface area contributed by atoms with Crippen molar-refractivity contribution in [2.45, 2.75) is 31.8 Å². The van der Waals surface area contributed by atoms with Crippen LogP contribution in [0.25, 0.3) is 0 Å². The molecule has 0 aromatic carbocycles. The maximum atomic E-state index is 9.68. The summed E-state index contributed by atoms with van der Waals surface area (Å²) in [6, 6.07) is 0. The maximum absolute atomic E-state index is 9.68. The highest BCUT2D eigenvalue weighted by Crippen LogP contribution is 2.38. The zero-order valence-corrected chi connectivity index (χ0v) is 7.54. The van der Waals surface area contributed by atoms with Crippen molar-refractivity contribution in [3.63, 3.8) is 0 Å². The van der Waals surface area contributed by atoms with E-state index >= 15 is 0 Å². The number of nitrogens with zero attached hydrogens (tertiary/aromatic N) is 2. The summed E-state index contributed by atoms with van der Waals surface area (Å²) in [5, 5.41) is 13.9. The molecular weight excluding hydrogens is 152 g/mol. The lowest BCUT2D eigenvalue weighted by atomic mass is 10.1. The van der Waals surface area contributed by atoms with Gasteiger partial charge >= 0.3 is 0 Å². The van der Waals surface area contributed by atoms with E-state index in [4.69, 9.17) is 0 Å². The van der Waals surface area contributed by atoms with Gasteiger partial charge in [-0.3, -0.25) is 4.68 Å². The molecule has 0 spiro atoms. The molecule has 0 bridgehead atoms.